The summed E-state index contributed by atoms with van der Waals surface area (Å²) in [6.45, 7) is 4.16. The first-order valence-electron chi connectivity index (χ1n) is 9.31. The molecule has 2 heterocycles. The number of aryl methyl sites for hydroxylation is 1. The molecule has 28 heavy (non-hydrogen) atoms. The Balaban J connectivity index is 1.65. The van der Waals surface area contributed by atoms with Crippen molar-refractivity contribution in [3.8, 4) is 11.4 Å². The lowest BCUT2D eigenvalue weighted by Gasteiger charge is -2.24. The number of H-pyrrole nitrogens is 1. The summed E-state index contributed by atoms with van der Waals surface area (Å²) in [7, 11) is 0. The molecule has 1 unspecified atom stereocenters. The molecule has 0 radical (unpaired) electrons. The zero-order chi connectivity index (χ0) is 19.8. The lowest BCUT2D eigenvalue weighted by atomic mass is 9.92. The fraction of sp³-hybridized carbons (Fsp3) is 0.286. The molecule has 1 aliphatic rings. The maximum Gasteiger partial charge on any atom is 0.257 e. The van der Waals surface area contributed by atoms with E-state index in [1.54, 1.807) is 0 Å². The molecule has 0 saturated heterocycles. The molecule has 144 valence electrons. The van der Waals surface area contributed by atoms with Crippen LogP contribution in [-0.2, 0) is 6.42 Å². The number of aromatic nitrogens is 3. The molecule has 1 amide bonds. The van der Waals surface area contributed by atoms with E-state index in [1.807, 2.05) is 16.9 Å². The summed E-state index contributed by atoms with van der Waals surface area (Å²) in [5.41, 5.74) is 5.11. The Kier molecular flexibility index (Phi) is 4.50. The Morgan fingerprint density at radius 2 is 2.18 bits per heavy atom. The molecule has 4 rings (SSSR count). The normalized spacial score (nSPS) is 15.9. The highest BCUT2D eigenvalue weighted by atomic mass is 16.3. The minimum atomic E-state index is -0.455. The first kappa shape index (κ1) is 18.0. The van der Waals surface area contributed by atoms with Crippen LogP contribution in [0.1, 0.15) is 51.6 Å². The Morgan fingerprint density at radius 3 is 2.96 bits per heavy atom. The third-order valence-corrected chi connectivity index (χ3v) is 5.44. The van der Waals surface area contributed by atoms with Crippen molar-refractivity contribution in [1.29, 1.82) is 0 Å². The number of fused-ring (bicyclic) bond motifs is 1. The number of hydrogen-bond acceptors (Lipinski definition) is 4. The second-order valence-electron chi connectivity index (χ2n) is 7.19. The highest BCUT2D eigenvalue weighted by Gasteiger charge is 2.27. The van der Waals surface area contributed by atoms with Crippen molar-refractivity contribution in [2.45, 2.75) is 39.2 Å². The summed E-state index contributed by atoms with van der Waals surface area (Å²) < 4.78 is 1.97. The van der Waals surface area contributed by atoms with E-state index in [4.69, 9.17) is 0 Å². The van der Waals surface area contributed by atoms with Crippen LogP contribution in [0.5, 0.6) is 5.75 Å². The highest BCUT2D eigenvalue weighted by Crippen LogP contribution is 2.32. The number of nitrogens with zero attached hydrogens (tertiary/aromatic N) is 2. The van der Waals surface area contributed by atoms with Gasteiger partial charge < -0.3 is 15.4 Å². The van der Waals surface area contributed by atoms with Gasteiger partial charge in [-0.05, 0) is 50.3 Å². The molecular weight excluding hydrogens is 356 g/mol. The minimum Gasteiger partial charge on any atom is -0.507 e. The molecule has 3 N–H and O–H groups in total. The first-order chi connectivity index (χ1) is 13.5. The Hall–Kier alpha value is -3.35. The quantitative estimate of drug-likeness (QED) is 0.652. The molecule has 0 aliphatic heterocycles. The van der Waals surface area contributed by atoms with Crippen molar-refractivity contribution in [2.24, 2.45) is 0 Å². The molecule has 7 nitrogen and oxygen atoms in total. The number of pyridine rings is 1. The number of aromatic amines is 1. The van der Waals surface area contributed by atoms with E-state index in [9.17, 15) is 14.7 Å². The van der Waals surface area contributed by atoms with Gasteiger partial charge in [-0.1, -0.05) is 12.1 Å². The molecule has 0 fully saturated rings. The van der Waals surface area contributed by atoms with Crippen LogP contribution in [0.15, 0.2) is 41.5 Å². The largest absolute Gasteiger partial charge is 0.507 e. The zero-order valence-electron chi connectivity index (χ0n) is 15.8. The third-order valence-electron chi connectivity index (χ3n) is 5.44. The van der Waals surface area contributed by atoms with E-state index in [1.165, 1.54) is 17.3 Å². The predicted molar refractivity (Wildman–Crippen MR) is 105 cm³/mol. The van der Waals surface area contributed by atoms with Crippen LogP contribution in [0, 0.1) is 13.8 Å². The van der Waals surface area contributed by atoms with Crippen molar-refractivity contribution < 1.29 is 9.90 Å². The van der Waals surface area contributed by atoms with Gasteiger partial charge in [0.15, 0.2) is 0 Å². The number of carbonyl (C=O) groups excluding carboxylic acids is 1. The summed E-state index contributed by atoms with van der Waals surface area (Å²) in [6.07, 6.45) is 5.65. The van der Waals surface area contributed by atoms with Gasteiger partial charge in [0.1, 0.15) is 5.75 Å². The van der Waals surface area contributed by atoms with Gasteiger partial charge in [-0.3, -0.25) is 9.59 Å². The Morgan fingerprint density at radius 1 is 1.36 bits per heavy atom. The molecule has 2 aromatic heterocycles. The van der Waals surface area contributed by atoms with Crippen LogP contribution < -0.4 is 10.9 Å². The summed E-state index contributed by atoms with van der Waals surface area (Å²) >= 11 is 0. The fourth-order valence-electron chi connectivity index (χ4n) is 3.76. The second-order valence-corrected chi connectivity index (χ2v) is 7.19. The number of nitrogens with one attached hydrogen (secondary N) is 2. The fourth-order valence-corrected chi connectivity index (χ4v) is 3.76. The molecule has 0 bridgehead atoms. The first-order valence-corrected chi connectivity index (χ1v) is 9.31. The summed E-state index contributed by atoms with van der Waals surface area (Å²) in [4.78, 5) is 26.3. The van der Waals surface area contributed by atoms with Gasteiger partial charge >= 0.3 is 0 Å². The van der Waals surface area contributed by atoms with E-state index in [0.29, 0.717) is 0 Å². The predicted octanol–water partition coefficient (Wildman–Crippen LogP) is 2.69. The molecule has 1 aliphatic carbocycles. The van der Waals surface area contributed by atoms with Crippen molar-refractivity contribution >= 4 is 5.91 Å². The number of hydrogen-bond donors (Lipinski definition) is 3. The van der Waals surface area contributed by atoms with Crippen LogP contribution in [-0.4, -0.2) is 25.8 Å². The van der Waals surface area contributed by atoms with E-state index in [-0.39, 0.29) is 17.4 Å². The molecule has 0 saturated carbocycles. The zero-order valence-corrected chi connectivity index (χ0v) is 15.8. The average molecular weight is 378 g/mol. The van der Waals surface area contributed by atoms with Crippen LogP contribution >= 0.6 is 0 Å². The monoisotopic (exact) mass is 378 g/mol. The van der Waals surface area contributed by atoms with Crippen LogP contribution in [0.25, 0.3) is 5.69 Å². The number of carbonyl (C=O) groups is 1. The van der Waals surface area contributed by atoms with E-state index in [0.717, 1.165) is 42.3 Å². The van der Waals surface area contributed by atoms with Crippen molar-refractivity contribution in [1.82, 2.24) is 20.1 Å². The van der Waals surface area contributed by atoms with Crippen LogP contribution in [0.4, 0.5) is 0 Å². The second kappa shape index (κ2) is 6.99. The average Bonchev–Trinajstić information content (AvgIpc) is 3.09. The Labute approximate surface area is 162 Å². The topological polar surface area (TPSA) is 100 Å². The third kappa shape index (κ3) is 3.09. The van der Waals surface area contributed by atoms with Crippen molar-refractivity contribution in [3.05, 3.63) is 75.0 Å². The van der Waals surface area contributed by atoms with Gasteiger partial charge in [0, 0.05) is 23.5 Å². The van der Waals surface area contributed by atoms with Gasteiger partial charge in [-0.2, -0.15) is 5.10 Å². The van der Waals surface area contributed by atoms with E-state index < -0.39 is 11.5 Å². The lowest BCUT2D eigenvalue weighted by molar-refractivity contribution is 0.0929. The molecule has 1 aromatic carbocycles. The molecular formula is C21H22N4O3. The number of aromatic hydroxyl groups is 1. The van der Waals surface area contributed by atoms with E-state index >= 15 is 0 Å². The number of benzene rings is 1. The van der Waals surface area contributed by atoms with Gasteiger partial charge in [-0.15, -0.1) is 0 Å². The number of rotatable bonds is 3. The summed E-state index contributed by atoms with van der Waals surface area (Å²) in [6, 6.07) is 6.96. The standard InChI is InChI=1S/C21H22N4O3/c1-12-5-3-7-17(13(12)2)25-18-8-4-6-16(14(18)11-23-25)24-21(28)15-10-22-20(27)9-19(15)26/h3,5,7,9-11,16H,4,6,8H2,1-2H3,(H,24,28)(H2,22,26,27). The number of amides is 1. The SMILES string of the molecule is Cc1cccc(-n2ncc3c2CCCC3NC(=O)c2c[nH]c(=O)cc2O)c1C. The van der Waals surface area contributed by atoms with Crippen molar-refractivity contribution in [3.63, 3.8) is 0 Å². The molecule has 7 heteroatoms. The molecule has 3 aromatic rings. The van der Waals surface area contributed by atoms with Crippen molar-refractivity contribution in [2.75, 3.05) is 0 Å². The van der Waals surface area contributed by atoms with Gasteiger partial charge in [0.25, 0.3) is 11.5 Å². The minimum absolute atomic E-state index is 0.0497. The summed E-state index contributed by atoms with van der Waals surface area (Å²) in [5.74, 6) is -0.755. The van der Waals surface area contributed by atoms with Gasteiger partial charge in [0.2, 0.25) is 0 Å². The van der Waals surface area contributed by atoms with Gasteiger partial charge in [0.05, 0.1) is 23.5 Å². The summed E-state index contributed by atoms with van der Waals surface area (Å²) in [5, 5.41) is 17.5. The maximum atomic E-state index is 12.6. The van der Waals surface area contributed by atoms with Crippen LogP contribution in [0.3, 0.4) is 0 Å². The van der Waals surface area contributed by atoms with Crippen LogP contribution in [0.2, 0.25) is 0 Å². The lowest BCUT2D eigenvalue weighted by Crippen LogP contribution is -2.31. The smallest absolute Gasteiger partial charge is 0.257 e. The molecule has 0 spiro atoms. The Bertz CT molecular complexity index is 1110. The molecule has 1 atom stereocenters. The van der Waals surface area contributed by atoms with E-state index in [2.05, 4.69) is 41.4 Å². The maximum absolute atomic E-state index is 12.6. The highest BCUT2D eigenvalue weighted by molar-refractivity contribution is 5.96. The van der Waals surface area contributed by atoms with Gasteiger partial charge in [-0.25, -0.2) is 4.68 Å².